The molecule has 0 aromatic carbocycles. The molecule has 118 valence electrons. The van der Waals surface area contributed by atoms with Gasteiger partial charge in [-0.3, -0.25) is 4.79 Å². The van der Waals surface area contributed by atoms with Gasteiger partial charge in [0.2, 0.25) is 17.6 Å². The van der Waals surface area contributed by atoms with Gasteiger partial charge in [-0.1, -0.05) is 24.9 Å². The van der Waals surface area contributed by atoms with Crippen LogP contribution in [0, 0.1) is 5.92 Å². The number of aromatic nitrogens is 2. The number of nitrogens with one attached hydrogen (secondary N) is 1. The van der Waals surface area contributed by atoms with Crippen molar-refractivity contribution in [2.75, 3.05) is 0 Å². The Bertz CT molecular complexity index is 609. The van der Waals surface area contributed by atoms with Crippen molar-refractivity contribution in [2.45, 2.75) is 51.5 Å². The predicted molar refractivity (Wildman–Crippen MR) is 85.5 cm³/mol. The maximum atomic E-state index is 12.1. The molecule has 0 bridgehead atoms. The van der Waals surface area contributed by atoms with Crippen molar-refractivity contribution in [1.29, 1.82) is 0 Å². The molecule has 6 heteroatoms. The summed E-state index contributed by atoms with van der Waals surface area (Å²) in [5.41, 5.74) is 0.959. The zero-order valence-electron chi connectivity index (χ0n) is 12.7. The molecular weight excluding hydrogens is 298 g/mol. The van der Waals surface area contributed by atoms with Gasteiger partial charge in [0.15, 0.2) is 0 Å². The molecule has 0 unspecified atom stereocenters. The Hall–Kier alpha value is -1.69. The Kier molecular flexibility index (Phi) is 4.87. The smallest absolute Gasteiger partial charge is 0.227 e. The highest BCUT2D eigenvalue weighted by molar-refractivity contribution is 7.08. The van der Waals surface area contributed by atoms with Crippen LogP contribution in [-0.2, 0) is 11.2 Å². The number of carbonyl (C=O) groups is 1. The lowest BCUT2D eigenvalue weighted by atomic mass is 9.86. The van der Waals surface area contributed by atoms with Crippen molar-refractivity contribution in [2.24, 2.45) is 5.92 Å². The van der Waals surface area contributed by atoms with Crippen molar-refractivity contribution in [3.8, 4) is 11.4 Å². The van der Waals surface area contributed by atoms with Crippen LogP contribution >= 0.6 is 11.3 Å². The van der Waals surface area contributed by atoms with E-state index in [2.05, 4.69) is 22.4 Å². The lowest BCUT2D eigenvalue weighted by Gasteiger charge is -2.29. The van der Waals surface area contributed by atoms with Gasteiger partial charge in [0, 0.05) is 29.8 Å². The molecule has 1 aliphatic rings. The van der Waals surface area contributed by atoms with Gasteiger partial charge in [0.1, 0.15) is 0 Å². The first-order chi connectivity index (χ1) is 10.7. The Morgan fingerprint density at radius 2 is 2.32 bits per heavy atom. The summed E-state index contributed by atoms with van der Waals surface area (Å²) in [5.74, 6) is 1.77. The molecule has 0 saturated heterocycles. The first kappa shape index (κ1) is 15.2. The summed E-state index contributed by atoms with van der Waals surface area (Å²) >= 11 is 1.60. The van der Waals surface area contributed by atoms with E-state index in [1.165, 1.54) is 19.3 Å². The summed E-state index contributed by atoms with van der Waals surface area (Å²) in [5, 5.41) is 11.1. The van der Waals surface area contributed by atoms with Crippen LogP contribution in [0.3, 0.4) is 0 Å². The van der Waals surface area contributed by atoms with E-state index in [0.29, 0.717) is 36.5 Å². The van der Waals surface area contributed by atoms with E-state index in [1.807, 2.05) is 16.8 Å². The first-order valence-corrected chi connectivity index (χ1v) is 8.81. The van der Waals surface area contributed by atoms with Gasteiger partial charge in [-0.2, -0.15) is 16.3 Å². The van der Waals surface area contributed by atoms with Crippen molar-refractivity contribution in [3.05, 3.63) is 22.7 Å². The number of carbonyl (C=O) groups excluding carboxylic acids is 1. The molecule has 1 aliphatic carbocycles. The fourth-order valence-electron chi connectivity index (χ4n) is 2.90. The maximum absolute atomic E-state index is 12.1. The zero-order valence-corrected chi connectivity index (χ0v) is 13.6. The summed E-state index contributed by atoms with van der Waals surface area (Å²) in [6.07, 6.45) is 5.68. The normalized spacial score (nSPS) is 21.7. The van der Waals surface area contributed by atoms with E-state index in [-0.39, 0.29) is 5.91 Å². The average molecular weight is 319 g/mol. The van der Waals surface area contributed by atoms with Crippen molar-refractivity contribution in [3.63, 3.8) is 0 Å². The zero-order chi connectivity index (χ0) is 15.4. The van der Waals surface area contributed by atoms with Gasteiger partial charge in [-0.15, -0.1) is 0 Å². The molecule has 0 spiro atoms. The molecule has 2 heterocycles. The standard InChI is InChI=1S/C16H21N3O2S/c1-11-4-2-3-5-13(11)17-14(20)6-7-15-18-16(19-21-15)12-8-9-22-10-12/h8-11,13H,2-7H2,1H3,(H,17,20)/t11-,13-/m1/s1. The van der Waals surface area contributed by atoms with Crippen LogP contribution in [0.2, 0.25) is 0 Å². The second-order valence-corrected chi connectivity index (χ2v) is 6.74. The Balaban J connectivity index is 1.49. The number of nitrogens with zero attached hydrogens (tertiary/aromatic N) is 2. The van der Waals surface area contributed by atoms with Crippen LogP contribution in [0.1, 0.15) is 44.9 Å². The topological polar surface area (TPSA) is 68.0 Å². The van der Waals surface area contributed by atoms with E-state index in [1.54, 1.807) is 11.3 Å². The van der Waals surface area contributed by atoms with Gasteiger partial charge in [-0.25, -0.2) is 0 Å². The highest BCUT2D eigenvalue weighted by Gasteiger charge is 2.22. The van der Waals surface area contributed by atoms with E-state index in [0.717, 1.165) is 12.0 Å². The highest BCUT2D eigenvalue weighted by Crippen LogP contribution is 2.24. The summed E-state index contributed by atoms with van der Waals surface area (Å²) < 4.78 is 5.21. The Morgan fingerprint density at radius 1 is 1.45 bits per heavy atom. The van der Waals surface area contributed by atoms with Gasteiger partial charge in [0.05, 0.1) is 0 Å². The molecule has 2 aromatic rings. The van der Waals surface area contributed by atoms with Gasteiger partial charge >= 0.3 is 0 Å². The van der Waals surface area contributed by atoms with E-state index >= 15 is 0 Å². The number of aryl methyl sites for hydroxylation is 1. The van der Waals surface area contributed by atoms with E-state index in [9.17, 15) is 4.79 Å². The van der Waals surface area contributed by atoms with Crippen molar-refractivity contribution in [1.82, 2.24) is 15.5 Å². The molecule has 1 amide bonds. The number of hydrogen-bond acceptors (Lipinski definition) is 5. The highest BCUT2D eigenvalue weighted by atomic mass is 32.1. The average Bonchev–Trinajstić information content (AvgIpc) is 3.18. The van der Waals surface area contributed by atoms with Crippen LogP contribution < -0.4 is 5.32 Å². The van der Waals surface area contributed by atoms with Gasteiger partial charge in [-0.05, 0) is 30.2 Å². The molecule has 5 nitrogen and oxygen atoms in total. The third kappa shape index (κ3) is 3.74. The van der Waals surface area contributed by atoms with Crippen molar-refractivity contribution < 1.29 is 9.32 Å². The number of rotatable bonds is 5. The molecule has 1 N–H and O–H groups in total. The third-order valence-corrected chi connectivity index (χ3v) is 4.95. The summed E-state index contributed by atoms with van der Waals surface area (Å²) in [6.45, 7) is 2.22. The third-order valence-electron chi connectivity index (χ3n) is 4.27. The monoisotopic (exact) mass is 319 g/mol. The number of amides is 1. The summed E-state index contributed by atoms with van der Waals surface area (Å²) in [4.78, 5) is 16.4. The summed E-state index contributed by atoms with van der Waals surface area (Å²) in [6, 6.07) is 2.28. The molecule has 2 atom stereocenters. The minimum absolute atomic E-state index is 0.0778. The quantitative estimate of drug-likeness (QED) is 0.917. The van der Waals surface area contributed by atoms with E-state index < -0.39 is 0 Å². The fourth-order valence-corrected chi connectivity index (χ4v) is 3.53. The molecule has 1 saturated carbocycles. The SMILES string of the molecule is C[C@@H]1CCCC[C@H]1NC(=O)CCc1nc(-c2ccsc2)no1. The Labute approximate surface area is 134 Å². The second-order valence-electron chi connectivity index (χ2n) is 5.96. The molecular formula is C16H21N3O2S. The second kappa shape index (κ2) is 7.05. The minimum Gasteiger partial charge on any atom is -0.353 e. The molecule has 1 fully saturated rings. The lowest BCUT2D eigenvalue weighted by Crippen LogP contribution is -2.41. The first-order valence-electron chi connectivity index (χ1n) is 7.87. The predicted octanol–water partition coefficient (Wildman–Crippen LogP) is 3.43. The molecule has 3 rings (SSSR count). The molecule has 0 aliphatic heterocycles. The number of hydrogen-bond donors (Lipinski definition) is 1. The lowest BCUT2D eigenvalue weighted by molar-refractivity contribution is -0.122. The Morgan fingerprint density at radius 3 is 3.09 bits per heavy atom. The van der Waals surface area contributed by atoms with Crippen LogP contribution in [0.4, 0.5) is 0 Å². The number of thiophene rings is 1. The minimum atomic E-state index is 0.0778. The molecule has 2 aromatic heterocycles. The van der Waals surface area contributed by atoms with Crippen molar-refractivity contribution >= 4 is 17.2 Å². The van der Waals surface area contributed by atoms with Crippen LogP contribution in [-0.4, -0.2) is 22.1 Å². The molecule has 0 radical (unpaired) electrons. The molecule has 22 heavy (non-hydrogen) atoms. The van der Waals surface area contributed by atoms with Crippen LogP contribution in [0.15, 0.2) is 21.3 Å². The largest absolute Gasteiger partial charge is 0.353 e. The van der Waals surface area contributed by atoms with Crippen LogP contribution in [0.25, 0.3) is 11.4 Å². The maximum Gasteiger partial charge on any atom is 0.227 e. The van der Waals surface area contributed by atoms with Gasteiger partial charge in [0.25, 0.3) is 0 Å². The van der Waals surface area contributed by atoms with Gasteiger partial charge < -0.3 is 9.84 Å². The summed E-state index contributed by atoms with van der Waals surface area (Å²) in [7, 11) is 0. The van der Waals surface area contributed by atoms with E-state index in [4.69, 9.17) is 4.52 Å². The fraction of sp³-hybridized carbons (Fsp3) is 0.562. The van der Waals surface area contributed by atoms with Crippen LogP contribution in [0.5, 0.6) is 0 Å².